The molecule has 6 heteroatoms. The molecule has 4 rings (SSSR count). The standard InChI is InChI=1S/C24H22O4S2/c1-15-13-17-9-5-7-11-19(17)21(23(15)29(25)27-3)22-20-12-8-6-10-18(20)14-16(2)24(22)30(26)28-4/h5-14H,1-4H3. The molecule has 0 radical (unpaired) electrons. The summed E-state index contributed by atoms with van der Waals surface area (Å²) >= 11 is -3.37. The lowest BCUT2D eigenvalue weighted by molar-refractivity contribution is 0.444. The van der Waals surface area contributed by atoms with Crippen molar-refractivity contribution in [2.24, 2.45) is 0 Å². The molecule has 0 amide bonds. The molecule has 154 valence electrons. The second-order valence-corrected chi connectivity index (χ2v) is 9.46. The normalized spacial score (nSPS) is 13.6. The first-order valence-electron chi connectivity index (χ1n) is 9.45. The maximum absolute atomic E-state index is 13.0. The number of hydrogen-bond acceptors (Lipinski definition) is 4. The van der Waals surface area contributed by atoms with Crippen LogP contribution in [0.15, 0.2) is 70.5 Å². The van der Waals surface area contributed by atoms with Gasteiger partial charge < -0.3 is 0 Å². The minimum atomic E-state index is -1.68. The Kier molecular flexibility index (Phi) is 5.84. The van der Waals surface area contributed by atoms with E-state index >= 15 is 0 Å². The highest BCUT2D eigenvalue weighted by Gasteiger charge is 2.25. The molecule has 0 fully saturated rings. The monoisotopic (exact) mass is 438 g/mol. The highest BCUT2D eigenvalue weighted by atomic mass is 32.2. The molecule has 30 heavy (non-hydrogen) atoms. The average Bonchev–Trinajstić information content (AvgIpc) is 2.76. The summed E-state index contributed by atoms with van der Waals surface area (Å²) in [6.45, 7) is 3.85. The van der Waals surface area contributed by atoms with Crippen molar-refractivity contribution in [2.45, 2.75) is 23.6 Å². The van der Waals surface area contributed by atoms with Crippen molar-refractivity contribution < 1.29 is 16.8 Å². The van der Waals surface area contributed by atoms with E-state index < -0.39 is 22.2 Å². The third-order valence-corrected chi connectivity index (χ3v) is 7.59. The summed E-state index contributed by atoms with van der Waals surface area (Å²) in [4.78, 5) is 1.17. The van der Waals surface area contributed by atoms with Crippen molar-refractivity contribution in [3.63, 3.8) is 0 Å². The Morgan fingerprint density at radius 2 is 1.00 bits per heavy atom. The molecule has 4 aromatic carbocycles. The zero-order valence-corrected chi connectivity index (χ0v) is 18.9. The SMILES string of the molecule is COS(=O)c1c(C)cc2ccccc2c1-c1c(S(=O)OC)c(C)cc2ccccc12. The zero-order valence-electron chi connectivity index (χ0n) is 17.2. The molecule has 0 aliphatic rings. The van der Waals surface area contributed by atoms with E-state index in [9.17, 15) is 8.42 Å². The Morgan fingerprint density at radius 1 is 0.633 bits per heavy atom. The molecule has 0 heterocycles. The van der Waals surface area contributed by atoms with Crippen LogP contribution in [-0.4, -0.2) is 22.6 Å². The van der Waals surface area contributed by atoms with Crippen LogP contribution >= 0.6 is 0 Å². The molecular formula is C24H22O4S2. The van der Waals surface area contributed by atoms with Gasteiger partial charge in [-0.25, -0.2) is 8.42 Å². The van der Waals surface area contributed by atoms with E-state index in [-0.39, 0.29) is 0 Å². The minimum Gasteiger partial charge on any atom is -0.290 e. The van der Waals surface area contributed by atoms with Crippen molar-refractivity contribution >= 4 is 43.7 Å². The fraction of sp³-hybridized carbons (Fsp3) is 0.167. The van der Waals surface area contributed by atoms with Crippen molar-refractivity contribution in [3.8, 4) is 11.1 Å². The van der Waals surface area contributed by atoms with Crippen LogP contribution in [0, 0.1) is 13.8 Å². The van der Waals surface area contributed by atoms with Crippen LogP contribution in [0.1, 0.15) is 11.1 Å². The Labute approximate surface area is 181 Å². The predicted octanol–water partition coefficient (Wildman–Crippen LogP) is 5.61. The number of benzene rings is 4. The van der Waals surface area contributed by atoms with E-state index in [1.165, 1.54) is 14.2 Å². The fourth-order valence-corrected chi connectivity index (χ4v) is 5.76. The summed E-state index contributed by atoms with van der Waals surface area (Å²) < 4.78 is 36.6. The molecule has 0 saturated carbocycles. The Balaban J connectivity index is 2.32. The van der Waals surface area contributed by atoms with E-state index in [1.807, 2.05) is 74.5 Å². The van der Waals surface area contributed by atoms with Crippen LogP contribution < -0.4 is 0 Å². The van der Waals surface area contributed by atoms with E-state index in [2.05, 4.69) is 0 Å². The van der Waals surface area contributed by atoms with Crippen LogP contribution in [0.2, 0.25) is 0 Å². The van der Waals surface area contributed by atoms with Crippen LogP contribution in [-0.2, 0) is 30.5 Å². The van der Waals surface area contributed by atoms with Crippen LogP contribution in [0.3, 0.4) is 0 Å². The van der Waals surface area contributed by atoms with Gasteiger partial charge in [0.25, 0.3) is 0 Å². The van der Waals surface area contributed by atoms with Gasteiger partial charge in [0, 0.05) is 11.1 Å². The largest absolute Gasteiger partial charge is 0.290 e. The third kappa shape index (κ3) is 3.40. The zero-order chi connectivity index (χ0) is 21.4. The Bertz CT molecular complexity index is 1220. The van der Waals surface area contributed by atoms with Gasteiger partial charge in [0.1, 0.15) is 0 Å². The molecular weight excluding hydrogens is 416 g/mol. The van der Waals surface area contributed by atoms with E-state index in [0.717, 1.165) is 43.8 Å². The van der Waals surface area contributed by atoms with Crippen molar-refractivity contribution in [1.29, 1.82) is 0 Å². The summed E-state index contributed by atoms with van der Waals surface area (Å²) in [5.74, 6) is 0. The average molecular weight is 439 g/mol. The van der Waals surface area contributed by atoms with Gasteiger partial charge in [0.15, 0.2) is 22.2 Å². The molecule has 0 aliphatic heterocycles. The lowest BCUT2D eigenvalue weighted by Crippen LogP contribution is -2.06. The highest BCUT2D eigenvalue weighted by molar-refractivity contribution is 7.81. The first-order chi connectivity index (χ1) is 14.5. The van der Waals surface area contributed by atoms with E-state index in [4.69, 9.17) is 8.37 Å². The van der Waals surface area contributed by atoms with Gasteiger partial charge in [0.2, 0.25) is 0 Å². The second kappa shape index (κ2) is 8.40. The summed E-state index contributed by atoms with van der Waals surface area (Å²) in [5, 5.41) is 3.88. The molecule has 2 atom stereocenters. The number of rotatable bonds is 5. The first kappa shape index (κ1) is 20.9. The maximum Gasteiger partial charge on any atom is 0.189 e. The molecule has 0 spiro atoms. The van der Waals surface area contributed by atoms with Gasteiger partial charge in [0.05, 0.1) is 24.0 Å². The first-order valence-corrected chi connectivity index (χ1v) is 11.6. The van der Waals surface area contributed by atoms with Gasteiger partial charge in [-0.3, -0.25) is 8.37 Å². The van der Waals surface area contributed by atoms with Gasteiger partial charge in [-0.05, 0) is 46.5 Å². The topological polar surface area (TPSA) is 52.6 Å². The molecule has 0 N–H and O–H groups in total. The maximum atomic E-state index is 13.0. The van der Waals surface area contributed by atoms with Crippen LogP contribution in [0.5, 0.6) is 0 Å². The van der Waals surface area contributed by atoms with Gasteiger partial charge in [-0.2, -0.15) is 0 Å². The Hall–Kier alpha value is -2.38. The summed E-state index contributed by atoms with van der Waals surface area (Å²) in [5.41, 5.74) is 3.24. The lowest BCUT2D eigenvalue weighted by atomic mass is 9.91. The van der Waals surface area contributed by atoms with Crippen LogP contribution in [0.4, 0.5) is 0 Å². The van der Waals surface area contributed by atoms with E-state index in [0.29, 0.717) is 9.79 Å². The quantitative estimate of drug-likeness (QED) is 0.406. The Morgan fingerprint density at radius 3 is 1.37 bits per heavy atom. The number of aryl methyl sites for hydroxylation is 2. The van der Waals surface area contributed by atoms with Crippen molar-refractivity contribution in [3.05, 3.63) is 71.8 Å². The highest BCUT2D eigenvalue weighted by Crippen LogP contribution is 2.44. The third-order valence-electron chi connectivity index (χ3n) is 5.26. The summed E-state index contributed by atoms with van der Waals surface area (Å²) in [6.07, 6.45) is 0. The number of fused-ring (bicyclic) bond motifs is 2. The fourth-order valence-electron chi connectivity index (χ4n) is 4.03. The summed E-state index contributed by atoms with van der Waals surface area (Å²) in [6, 6.07) is 19.9. The molecule has 0 bridgehead atoms. The molecule has 4 nitrogen and oxygen atoms in total. The van der Waals surface area contributed by atoms with Crippen LogP contribution in [0.25, 0.3) is 32.7 Å². The van der Waals surface area contributed by atoms with Crippen molar-refractivity contribution in [1.82, 2.24) is 0 Å². The molecule has 4 aromatic rings. The molecule has 0 aliphatic carbocycles. The van der Waals surface area contributed by atoms with E-state index in [1.54, 1.807) is 0 Å². The van der Waals surface area contributed by atoms with Gasteiger partial charge in [-0.1, -0.05) is 60.7 Å². The number of hydrogen-bond donors (Lipinski definition) is 0. The van der Waals surface area contributed by atoms with Gasteiger partial charge in [-0.15, -0.1) is 0 Å². The smallest absolute Gasteiger partial charge is 0.189 e. The predicted molar refractivity (Wildman–Crippen MR) is 123 cm³/mol. The minimum absolute atomic E-state index is 0.585. The summed E-state index contributed by atoms with van der Waals surface area (Å²) in [7, 11) is 2.86. The molecule has 0 aromatic heterocycles. The molecule has 2 unspecified atom stereocenters. The second-order valence-electron chi connectivity index (χ2n) is 7.04. The van der Waals surface area contributed by atoms with Gasteiger partial charge >= 0.3 is 0 Å². The lowest BCUT2D eigenvalue weighted by Gasteiger charge is -2.20. The molecule has 0 saturated heterocycles. The van der Waals surface area contributed by atoms with Crippen molar-refractivity contribution in [2.75, 3.05) is 14.2 Å².